The topological polar surface area (TPSA) is 81.9 Å². The summed E-state index contributed by atoms with van der Waals surface area (Å²) in [5.74, 6) is 1.27. The van der Waals surface area contributed by atoms with Crippen LogP contribution in [-0.2, 0) is 0 Å². The van der Waals surface area contributed by atoms with Crippen molar-refractivity contribution in [3.8, 4) is 11.5 Å². The second kappa shape index (κ2) is 7.44. The first-order valence-electron chi connectivity index (χ1n) is 9.56. The van der Waals surface area contributed by atoms with Crippen LogP contribution in [0.25, 0.3) is 11.0 Å². The summed E-state index contributed by atoms with van der Waals surface area (Å²) in [7, 11) is 0. The molecule has 5 rings (SSSR count). The first kappa shape index (κ1) is 17.5. The van der Waals surface area contributed by atoms with E-state index in [0.717, 1.165) is 25.3 Å². The summed E-state index contributed by atoms with van der Waals surface area (Å²) in [6.07, 6.45) is 4.11. The van der Waals surface area contributed by atoms with Gasteiger partial charge >= 0.3 is 0 Å². The highest BCUT2D eigenvalue weighted by Gasteiger charge is 2.25. The van der Waals surface area contributed by atoms with Gasteiger partial charge in [0, 0.05) is 18.3 Å². The van der Waals surface area contributed by atoms with E-state index in [2.05, 4.69) is 20.4 Å². The lowest BCUT2D eigenvalue weighted by Crippen LogP contribution is -2.15. The Hall–Kier alpha value is -3.58. The minimum Gasteiger partial charge on any atom is -0.457 e. The molecule has 0 saturated carbocycles. The van der Waals surface area contributed by atoms with E-state index in [9.17, 15) is 4.79 Å². The van der Waals surface area contributed by atoms with Gasteiger partial charge in [-0.15, -0.1) is 0 Å². The molecule has 1 N–H and O–H groups in total. The first-order chi connectivity index (χ1) is 14.3. The lowest BCUT2D eigenvalue weighted by Gasteiger charge is -2.09. The van der Waals surface area contributed by atoms with E-state index in [4.69, 9.17) is 4.74 Å². The van der Waals surface area contributed by atoms with E-state index in [-0.39, 0.29) is 11.8 Å². The number of para-hydroxylation sites is 1. The Balaban J connectivity index is 1.45. The number of ketones is 1. The number of hydrogen-bond donors (Lipinski definition) is 1. The van der Waals surface area contributed by atoms with E-state index in [1.165, 1.54) is 6.33 Å². The van der Waals surface area contributed by atoms with Crippen molar-refractivity contribution >= 4 is 16.8 Å². The molecule has 7 nitrogen and oxygen atoms in total. The van der Waals surface area contributed by atoms with E-state index >= 15 is 0 Å². The van der Waals surface area contributed by atoms with Crippen LogP contribution in [0.1, 0.15) is 28.5 Å². The molecule has 144 valence electrons. The molecular weight excluding hydrogens is 366 g/mol. The molecule has 1 unspecified atom stereocenters. The molecule has 1 fully saturated rings. The van der Waals surface area contributed by atoms with Gasteiger partial charge in [0.15, 0.2) is 5.65 Å². The van der Waals surface area contributed by atoms with E-state index < -0.39 is 0 Å². The van der Waals surface area contributed by atoms with Crippen LogP contribution in [0.4, 0.5) is 0 Å². The van der Waals surface area contributed by atoms with Crippen LogP contribution in [0.2, 0.25) is 0 Å². The molecule has 0 spiro atoms. The standard InChI is InChI=1S/C22H19N5O2/c28-21(15-6-8-18(9-7-15)29-17-4-2-1-3-5-17)20-19-13-24-14-25-22(19)27(26-20)16-10-11-23-12-16/h1-9,13-14,16,23H,10-12H2. The molecule has 29 heavy (non-hydrogen) atoms. The maximum absolute atomic E-state index is 13.2. The molecule has 0 radical (unpaired) electrons. The third-order valence-electron chi connectivity index (χ3n) is 5.06. The third kappa shape index (κ3) is 3.36. The largest absolute Gasteiger partial charge is 0.457 e. The van der Waals surface area contributed by atoms with Crippen LogP contribution in [0, 0.1) is 0 Å². The van der Waals surface area contributed by atoms with E-state index in [1.54, 1.807) is 30.5 Å². The van der Waals surface area contributed by atoms with Gasteiger partial charge in [0.05, 0.1) is 11.4 Å². The second-order valence-electron chi connectivity index (χ2n) is 6.97. The average molecular weight is 385 g/mol. The molecule has 0 bridgehead atoms. The van der Waals surface area contributed by atoms with Crippen molar-refractivity contribution in [3.05, 3.63) is 78.4 Å². The number of carbonyl (C=O) groups excluding carboxylic acids is 1. The Kier molecular flexibility index (Phi) is 4.50. The summed E-state index contributed by atoms with van der Waals surface area (Å²) < 4.78 is 7.66. The third-order valence-corrected chi connectivity index (χ3v) is 5.06. The SMILES string of the molecule is O=C(c1ccc(Oc2ccccc2)cc1)c1nn(C2CCNC2)c2ncncc12. The Morgan fingerprint density at radius 1 is 1.07 bits per heavy atom. The van der Waals surface area contributed by atoms with Crippen LogP contribution in [0.15, 0.2) is 67.1 Å². The molecule has 1 saturated heterocycles. The minimum absolute atomic E-state index is 0.152. The van der Waals surface area contributed by atoms with Gasteiger partial charge in [-0.1, -0.05) is 18.2 Å². The van der Waals surface area contributed by atoms with Gasteiger partial charge in [0.25, 0.3) is 0 Å². The molecule has 1 atom stereocenters. The van der Waals surface area contributed by atoms with Crippen molar-refractivity contribution in [1.82, 2.24) is 25.1 Å². The van der Waals surface area contributed by atoms with Gasteiger partial charge in [-0.3, -0.25) is 4.79 Å². The highest BCUT2D eigenvalue weighted by Crippen LogP contribution is 2.26. The molecule has 0 amide bonds. The van der Waals surface area contributed by atoms with Crippen LogP contribution < -0.4 is 10.1 Å². The van der Waals surface area contributed by atoms with Gasteiger partial charge < -0.3 is 10.1 Å². The smallest absolute Gasteiger partial charge is 0.213 e. The van der Waals surface area contributed by atoms with Crippen molar-refractivity contribution in [2.75, 3.05) is 13.1 Å². The Morgan fingerprint density at radius 2 is 1.86 bits per heavy atom. The van der Waals surface area contributed by atoms with E-state index in [0.29, 0.717) is 28.0 Å². The van der Waals surface area contributed by atoms with Gasteiger partial charge in [0.2, 0.25) is 5.78 Å². The highest BCUT2D eigenvalue weighted by molar-refractivity contribution is 6.14. The molecular formula is C22H19N5O2. The van der Waals surface area contributed by atoms with Gasteiger partial charge in [-0.2, -0.15) is 5.10 Å². The molecule has 7 heteroatoms. The molecule has 4 aromatic rings. The number of aromatic nitrogens is 4. The van der Waals surface area contributed by atoms with Crippen molar-refractivity contribution < 1.29 is 9.53 Å². The number of rotatable bonds is 5. The highest BCUT2D eigenvalue weighted by atomic mass is 16.5. The second-order valence-corrected chi connectivity index (χ2v) is 6.97. The summed E-state index contributed by atoms with van der Waals surface area (Å²) in [6, 6.07) is 16.8. The number of fused-ring (bicyclic) bond motifs is 1. The summed E-state index contributed by atoms with van der Waals surface area (Å²) in [6.45, 7) is 1.75. The zero-order valence-electron chi connectivity index (χ0n) is 15.7. The summed E-state index contributed by atoms with van der Waals surface area (Å²) in [5, 5.41) is 8.63. The van der Waals surface area contributed by atoms with Gasteiger partial charge in [-0.05, 0) is 49.4 Å². The molecule has 2 aromatic carbocycles. The Labute approximate surface area is 167 Å². The average Bonchev–Trinajstić information content (AvgIpc) is 3.43. The normalized spacial score (nSPS) is 16.2. The zero-order valence-corrected chi connectivity index (χ0v) is 15.7. The maximum atomic E-state index is 13.2. The monoisotopic (exact) mass is 385 g/mol. The summed E-state index contributed by atoms with van der Waals surface area (Å²) in [5.41, 5.74) is 1.62. The number of nitrogens with zero attached hydrogens (tertiary/aromatic N) is 4. The van der Waals surface area contributed by atoms with Crippen molar-refractivity contribution in [2.45, 2.75) is 12.5 Å². The molecule has 1 aliphatic heterocycles. The molecule has 1 aliphatic rings. The van der Waals surface area contributed by atoms with Crippen molar-refractivity contribution in [3.63, 3.8) is 0 Å². The summed E-state index contributed by atoms with van der Waals surface area (Å²) in [4.78, 5) is 21.6. The molecule has 3 heterocycles. The lowest BCUT2D eigenvalue weighted by molar-refractivity contribution is 0.103. The number of carbonyl (C=O) groups is 1. The Morgan fingerprint density at radius 3 is 2.62 bits per heavy atom. The first-order valence-corrected chi connectivity index (χ1v) is 9.56. The predicted molar refractivity (Wildman–Crippen MR) is 108 cm³/mol. The number of hydrogen-bond acceptors (Lipinski definition) is 6. The molecule has 0 aliphatic carbocycles. The minimum atomic E-state index is -0.152. The Bertz CT molecular complexity index is 1150. The van der Waals surface area contributed by atoms with Gasteiger partial charge in [-0.25, -0.2) is 14.6 Å². The van der Waals surface area contributed by atoms with E-state index in [1.807, 2.05) is 35.0 Å². The van der Waals surface area contributed by atoms with Crippen LogP contribution in [0.3, 0.4) is 0 Å². The fourth-order valence-corrected chi connectivity index (χ4v) is 3.59. The zero-order chi connectivity index (χ0) is 19.6. The maximum Gasteiger partial charge on any atom is 0.213 e. The molecule has 2 aromatic heterocycles. The van der Waals surface area contributed by atoms with Crippen molar-refractivity contribution in [1.29, 1.82) is 0 Å². The number of benzene rings is 2. The quantitative estimate of drug-likeness (QED) is 0.531. The number of nitrogens with one attached hydrogen (secondary N) is 1. The lowest BCUT2D eigenvalue weighted by atomic mass is 10.1. The van der Waals surface area contributed by atoms with Crippen LogP contribution in [-0.4, -0.2) is 38.6 Å². The van der Waals surface area contributed by atoms with Crippen molar-refractivity contribution in [2.24, 2.45) is 0 Å². The fraction of sp³-hybridized carbons (Fsp3) is 0.182. The van der Waals surface area contributed by atoms with Crippen LogP contribution >= 0.6 is 0 Å². The predicted octanol–water partition coefficient (Wildman–Crippen LogP) is 3.38. The number of ether oxygens (including phenoxy) is 1. The van der Waals surface area contributed by atoms with Crippen LogP contribution in [0.5, 0.6) is 11.5 Å². The van der Waals surface area contributed by atoms with Gasteiger partial charge in [0.1, 0.15) is 23.5 Å². The fourth-order valence-electron chi connectivity index (χ4n) is 3.59. The summed E-state index contributed by atoms with van der Waals surface area (Å²) >= 11 is 0.